The average molecular weight is 275 g/mol. The number of hydrogen-bond acceptors (Lipinski definition) is 5. The molecule has 0 aliphatic heterocycles. The van der Waals surface area contributed by atoms with Crippen LogP contribution in [0.3, 0.4) is 0 Å². The normalized spacial score (nSPS) is 11.4. The van der Waals surface area contributed by atoms with Gasteiger partial charge < -0.3 is 9.67 Å². The van der Waals surface area contributed by atoms with Crippen LogP contribution < -0.4 is 5.44 Å². The Bertz CT molecular complexity index is 714. The highest BCUT2D eigenvalue weighted by molar-refractivity contribution is 7.71. The van der Waals surface area contributed by atoms with Crippen LogP contribution in [-0.4, -0.2) is 27.4 Å². The van der Waals surface area contributed by atoms with E-state index in [-0.39, 0.29) is 16.8 Å². The van der Waals surface area contributed by atoms with Crippen LogP contribution in [0.1, 0.15) is 19.4 Å². The zero-order valence-electron chi connectivity index (χ0n) is 10.8. The van der Waals surface area contributed by atoms with Crippen LogP contribution in [0.15, 0.2) is 18.3 Å². The molecule has 0 atom stereocenters. The average Bonchev–Trinajstić information content (AvgIpc) is 2.46. The molecule has 19 heavy (non-hydrogen) atoms. The number of aromatic hydroxyl groups is 1. The van der Waals surface area contributed by atoms with Gasteiger partial charge in [0.1, 0.15) is 29.7 Å². The van der Waals surface area contributed by atoms with Gasteiger partial charge >= 0.3 is 0 Å². The van der Waals surface area contributed by atoms with Crippen LogP contribution >= 0.6 is 7.14 Å². The van der Waals surface area contributed by atoms with E-state index in [0.29, 0.717) is 23.3 Å². The van der Waals surface area contributed by atoms with Crippen molar-refractivity contribution in [3.8, 4) is 11.8 Å². The first-order chi connectivity index (χ1) is 9.05. The molecule has 0 saturated carbocycles. The van der Waals surface area contributed by atoms with Crippen LogP contribution in [0.4, 0.5) is 0 Å². The monoisotopic (exact) mass is 275 g/mol. The van der Waals surface area contributed by atoms with Crippen molar-refractivity contribution in [3.05, 3.63) is 23.9 Å². The van der Waals surface area contributed by atoms with Gasteiger partial charge in [-0.05, 0) is 12.1 Å². The summed E-state index contributed by atoms with van der Waals surface area (Å²) in [5.74, 6) is -0.201. The van der Waals surface area contributed by atoms with Gasteiger partial charge in [0.15, 0.2) is 5.75 Å². The molecule has 2 rings (SSSR count). The van der Waals surface area contributed by atoms with Gasteiger partial charge in [-0.3, -0.25) is 4.98 Å². The summed E-state index contributed by atoms with van der Waals surface area (Å²) < 4.78 is 12.6. The van der Waals surface area contributed by atoms with Crippen LogP contribution in [0, 0.1) is 11.3 Å². The van der Waals surface area contributed by atoms with Crippen LogP contribution in [0.5, 0.6) is 5.75 Å². The first-order valence-corrected chi connectivity index (χ1v) is 8.11. The zero-order valence-corrected chi connectivity index (χ0v) is 11.7. The van der Waals surface area contributed by atoms with Crippen molar-refractivity contribution in [2.45, 2.75) is 13.8 Å². The Kier molecular flexibility index (Phi) is 3.55. The lowest BCUT2D eigenvalue weighted by molar-refractivity contribution is 0.478. The van der Waals surface area contributed by atoms with E-state index in [2.05, 4.69) is 9.97 Å². The maximum absolute atomic E-state index is 12.6. The topological polar surface area (TPSA) is 86.9 Å². The fraction of sp³-hybridized carbons (Fsp3) is 0.308. The van der Waals surface area contributed by atoms with Crippen molar-refractivity contribution >= 4 is 23.6 Å². The molecule has 2 aromatic heterocycles. The van der Waals surface area contributed by atoms with Gasteiger partial charge in [0.05, 0.1) is 5.52 Å². The fourth-order valence-corrected chi connectivity index (χ4v) is 3.62. The maximum atomic E-state index is 12.6. The molecule has 1 N–H and O–H groups in total. The Balaban J connectivity index is 2.73. The molecule has 0 aliphatic rings. The molecule has 2 aromatic rings. The summed E-state index contributed by atoms with van der Waals surface area (Å²) >= 11 is 0. The number of nitriles is 1. The molecular weight excluding hydrogens is 261 g/mol. The summed E-state index contributed by atoms with van der Waals surface area (Å²) in [6, 6.07) is 5.22. The summed E-state index contributed by atoms with van der Waals surface area (Å²) in [5, 5.41) is 18.8. The van der Waals surface area contributed by atoms with E-state index >= 15 is 0 Å². The Morgan fingerprint density at radius 1 is 1.37 bits per heavy atom. The highest BCUT2D eigenvalue weighted by Gasteiger charge is 2.22. The second kappa shape index (κ2) is 4.99. The summed E-state index contributed by atoms with van der Waals surface area (Å²) in [4.78, 5) is 8.32. The van der Waals surface area contributed by atoms with E-state index in [4.69, 9.17) is 5.26 Å². The minimum atomic E-state index is -2.51. The minimum absolute atomic E-state index is 0.0694. The molecule has 2 heterocycles. The summed E-state index contributed by atoms with van der Waals surface area (Å²) in [7, 11) is -2.51. The van der Waals surface area contributed by atoms with E-state index in [0.717, 1.165) is 0 Å². The third-order valence-electron chi connectivity index (χ3n) is 3.23. The van der Waals surface area contributed by atoms with Gasteiger partial charge in [0.2, 0.25) is 0 Å². The molecule has 0 unspecified atom stereocenters. The van der Waals surface area contributed by atoms with Gasteiger partial charge in [-0.1, -0.05) is 13.8 Å². The molecule has 0 spiro atoms. The quantitative estimate of drug-likeness (QED) is 0.868. The highest BCUT2D eigenvalue weighted by Crippen LogP contribution is 2.43. The Hall–Kier alpha value is -1.92. The van der Waals surface area contributed by atoms with Crippen molar-refractivity contribution < 1.29 is 9.67 Å². The van der Waals surface area contributed by atoms with Crippen LogP contribution in [0.2, 0.25) is 0 Å². The van der Waals surface area contributed by atoms with E-state index < -0.39 is 7.14 Å². The Morgan fingerprint density at radius 3 is 2.63 bits per heavy atom. The Morgan fingerprint density at radius 2 is 2.05 bits per heavy atom. The molecule has 0 bridgehead atoms. The Labute approximate surface area is 111 Å². The van der Waals surface area contributed by atoms with Crippen molar-refractivity contribution in [2.24, 2.45) is 0 Å². The lowest BCUT2D eigenvalue weighted by Gasteiger charge is -2.14. The maximum Gasteiger partial charge on any atom is 0.162 e. The molecule has 0 amide bonds. The van der Waals surface area contributed by atoms with Crippen molar-refractivity contribution in [3.63, 3.8) is 0 Å². The van der Waals surface area contributed by atoms with Crippen LogP contribution in [0.25, 0.3) is 11.0 Å². The third kappa shape index (κ3) is 2.20. The van der Waals surface area contributed by atoms with Crippen molar-refractivity contribution in [1.82, 2.24) is 9.97 Å². The van der Waals surface area contributed by atoms with Gasteiger partial charge in [-0.25, -0.2) is 4.98 Å². The zero-order chi connectivity index (χ0) is 14.0. The second-order valence-corrected chi connectivity index (χ2v) is 7.69. The molecule has 0 saturated heterocycles. The molecule has 98 valence electrons. The van der Waals surface area contributed by atoms with Gasteiger partial charge in [-0.15, -0.1) is 0 Å². The molecule has 0 radical (unpaired) electrons. The second-order valence-electron chi connectivity index (χ2n) is 4.19. The largest absolute Gasteiger partial charge is 0.504 e. The first-order valence-electron chi connectivity index (χ1n) is 6.03. The molecule has 5 nitrogen and oxygen atoms in total. The summed E-state index contributed by atoms with van der Waals surface area (Å²) in [6.07, 6.45) is 2.35. The predicted molar refractivity (Wildman–Crippen MR) is 74.2 cm³/mol. The predicted octanol–water partition coefficient (Wildman–Crippen LogP) is 2.24. The first kappa shape index (κ1) is 13.5. The fourth-order valence-electron chi connectivity index (χ4n) is 1.90. The standard InChI is InChI=1S/C13H14N3O2P/c1-3-19(18,4-2)11-6-5-10-12(16-11)13(17)9(7-14)8-15-10/h5-6,8H,3-4H2,1-2H3,(H,15,17). The lowest BCUT2D eigenvalue weighted by Crippen LogP contribution is -2.13. The van der Waals surface area contributed by atoms with E-state index in [1.165, 1.54) is 6.20 Å². The lowest BCUT2D eigenvalue weighted by atomic mass is 10.2. The molecule has 6 heteroatoms. The van der Waals surface area contributed by atoms with Gasteiger partial charge in [-0.2, -0.15) is 5.26 Å². The number of rotatable bonds is 3. The van der Waals surface area contributed by atoms with Crippen LogP contribution in [-0.2, 0) is 4.57 Å². The van der Waals surface area contributed by atoms with E-state index in [1.807, 2.05) is 19.9 Å². The third-order valence-corrected chi connectivity index (χ3v) is 6.36. The summed E-state index contributed by atoms with van der Waals surface area (Å²) in [5.41, 5.74) is 1.27. The van der Waals surface area contributed by atoms with Gasteiger partial charge in [0.25, 0.3) is 0 Å². The number of nitrogens with zero attached hydrogens (tertiary/aromatic N) is 3. The smallest absolute Gasteiger partial charge is 0.162 e. The minimum Gasteiger partial charge on any atom is -0.504 e. The van der Waals surface area contributed by atoms with Gasteiger partial charge in [0, 0.05) is 18.5 Å². The SMILES string of the molecule is CCP(=O)(CC)c1ccc2ncc(C#N)c(O)c2n1. The van der Waals surface area contributed by atoms with Crippen molar-refractivity contribution in [1.29, 1.82) is 5.26 Å². The number of pyridine rings is 2. The number of fused-ring (bicyclic) bond motifs is 1. The van der Waals surface area contributed by atoms with E-state index in [1.54, 1.807) is 12.1 Å². The summed E-state index contributed by atoms with van der Waals surface area (Å²) in [6.45, 7) is 3.72. The number of aromatic nitrogens is 2. The molecular formula is C13H14N3O2P. The highest BCUT2D eigenvalue weighted by atomic mass is 31.2. The number of hydrogen-bond donors (Lipinski definition) is 1. The molecule has 0 aliphatic carbocycles. The molecule has 0 fully saturated rings. The van der Waals surface area contributed by atoms with Crippen molar-refractivity contribution in [2.75, 3.05) is 12.3 Å². The van der Waals surface area contributed by atoms with E-state index in [9.17, 15) is 9.67 Å². The molecule has 0 aromatic carbocycles.